The predicted molar refractivity (Wildman–Crippen MR) is 53.9 cm³/mol. The third kappa shape index (κ3) is 1.55. The molecule has 2 rings (SSSR count). The van der Waals surface area contributed by atoms with Gasteiger partial charge in [0.05, 0.1) is 0 Å². The zero-order valence-electron chi connectivity index (χ0n) is 8.07. The van der Waals surface area contributed by atoms with Crippen molar-refractivity contribution >= 4 is 5.97 Å². The van der Waals surface area contributed by atoms with Crippen molar-refractivity contribution < 1.29 is 9.53 Å². The molecule has 1 aromatic rings. The lowest BCUT2D eigenvalue weighted by atomic mass is 9.93. The van der Waals surface area contributed by atoms with Gasteiger partial charge in [-0.25, -0.2) is 4.79 Å². The quantitative estimate of drug-likeness (QED) is 0.665. The van der Waals surface area contributed by atoms with Gasteiger partial charge in [-0.05, 0) is 11.6 Å². The minimum atomic E-state index is -0.179. The Kier molecular flexibility index (Phi) is 2.35. The average Bonchev–Trinajstić information content (AvgIpc) is 2.65. The molecule has 72 valence electrons. The van der Waals surface area contributed by atoms with Crippen molar-refractivity contribution in [2.24, 2.45) is 0 Å². The summed E-state index contributed by atoms with van der Waals surface area (Å²) in [5.41, 5.74) is 1.92. The third-order valence-electron chi connectivity index (χ3n) is 2.52. The zero-order chi connectivity index (χ0) is 9.97. The van der Waals surface area contributed by atoms with E-state index in [9.17, 15) is 4.79 Å². The van der Waals surface area contributed by atoms with Crippen LogP contribution in [-0.2, 0) is 9.53 Å². The first-order valence-corrected chi connectivity index (χ1v) is 4.71. The first kappa shape index (κ1) is 9.00. The lowest BCUT2D eigenvalue weighted by Gasteiger charge is -2.10. The molecule has 1 atom stereocenters. The highest BCUT2D eigenvalue weighted by molar-refractivity contribution is 5.92. The number of hydrogen-bond donors (Lipinski definition) is 0. The van der Waals surface area contributed by atoms with Crippen molar-refractivity contribution in [3.63, 3.8) is 0 Å². The summed E-state index contributed by atoms with van der Waals surface area (Å²) in [7, 11) is 0. The van der Waals surface area contributed by atoms with Crippen molar-refractivity contribution in [2.45, 2.75) is 12.8 Å². The highest BCUT2D eigenvalue weighted by Crippen LogP contribution is 2.26. The monoisotopic (exact) mass is 188 g/mol. The largest absolute Gasteiger partial charge is 0.458 e. The van der Waals surface area contributed by atoms with E-state index in [0.717, 1.165) is 11.1 Å². The fourth-order valence-electron chi connectivity index (χ4n) is 1.65. The van der Waals surface area contributed by atoms with Crippen LogP contribution in [0.25, 0.3) is 0 Å². The summed E-state index contributed by atoms with van der Waals surface area (Å²) in [5, 5.41) is 0. The van der Waals surface area contributed by atoms with E-state index in [2.05, 4.69) is 0 Å². The van der Waals surface area contributed by atoms with Crippen LogP contribution < -0.4 is 0 Å². The summed E-state index contributed by atoms with van der Waals surface area (Å²) in [6.07, 6.45) is 1.86. The van der Waals surface area contributed by atoms with Crippen molar-refractivity contribution in [1.82, 2.24) is 0 Å². The van der Waals surface area contributed by atoms with E-state index in [4.69, 9.17) is 4.74 Å². The van der Waals surface area contributed by atoms with E-state index in [1.165, 1.54) is 0 Å². The Bertz CT molecular complexity index is 365. The van der Waals surface area contributed by atoms with Crippen molar-refractivity contribution in [3.8, 4) is 0 Å². The molecule has 2 nitrogen and oxygen atoms in total. The van der Waals surface area contributed by atoms with E-state index in [-0.39, 0.29) is 11.9 Å². The van der Waals surface area contributed by atoms with Crippen molar-refractivity contribution in [2.75, 3.05) is 6.61 Å². The molecule has 0 N–H and O–H groups in total. The van der Waals surface area contributed by atoms with Gasteiger partial charge < -0.3 is 4.74 Å². The molecule has 2 heteroatoms. The fourth-order valence-corrected chi connectivity index (χ4v) is 1.65. The normalized spacial score (nSPS) is 17.5. The summed E-state index contributed by atoms with van der Waals surface area (Å²) in [5.74, 6) is -0.0486. The number of benzene rings is 1. The average molecular weight is 188 g/mol. The van der Waals surface area contributed by atoms with Crippen molar-refractivity contribution in [1.29, 1.82) is 0 Å². The first-order valence-electron chi connectivity index (χ1n) is 4.71. The molecule has 1 aromatic carbocycles. The summed E-state index contributed by atoms with van der Waals surface area (Å²) < 4.78 is 4.88. The molecule has 0 saturated carbocycles. The highest BCUT2D eigenvalue weighted by Gasteiger charge is 2.23. The highest BCUT2D eigenvalue weighted by atomic mass is 16.5. The maximum atomic E-state index is 11.3. The van der Waals surface area contributed by atoms with Crippen LogP contribution in [0.3, 0.4) is 0 Å². The maximum absolute atomic E-state index is 11.3. The molecule has 1 unspecified atom stereocenters. The SMILES string of the molecule is CC(C1=CCOC1=O)c1ccccc1. The predicted octanol–water partition coefficient (Wildman–Crippen LogP) is 2.27. The van der Waals surface area contributed by atoms with Gasteiger partial charge in [0.25, 0.3) is 0 Å². The Morgan fingerprint density at radius 3 is 2.57 bits per heavy atom. The number of hydrogen-bond acceptors (Lipinski definition) is 2. The smallest absolute Gasteiger partial charge is 0.334 e. The van der Waals surface area contributed by atoms with Gasteiger partial charge >= 0.3 is 5.97 Å². The number of carbonyl (C=O) groups excluding carboxylic acids is 1. The molecule has 14 heavy (non-hydrogen) atoms. The van der Waals surface area contributed by atoms with Gasteiger partial charge in [-0.15, -0.1) is 0 Å². The van der Waals surface area contributed by atoms with Gasteiger partial charge in [-0.1, -0.05) is 37.3 Å². The molecule has 1 aliphatic heterocycles. The van der Waals surface area contributed by atoms with Crippen LogP contribution in [0.5, 0.6) is 0 Å². The molecule has 0 radical (unpaired) electrons. The van der Waals surface area contributed by atoms with Crippen LogP contribution in [0.4, 0.5) is 0 Å². The molecular formula is C12H12O2. The molecule has 0 spiro atoms. The Hall–Kier alpha value is -1.57. The van der Waals surface area contributed by atoms with Crippen molar-refractivity contribution in [3.05, 3.63) is 47.5 Å². The van der Waals surface area contributed by atoms with Crippen LogP contribution in [0.15, 0.2) is 42.0 Å². The second-order valence-corrected chi connectivity index (χ2v) is 3.39. The Labute approximate surface area is 83.2 Å². The topological polar surface area (TPSA) is 26.3 Å². The molecule has 0 fully saturated rings. The Morgan fingerprint density at radius 2 is 2.00 bits per heavy atom. The van der Waals surface area contributed by atoms with Gasteiger partial charge in [0.15, 0.2) is 0 Å². The second-order valence-electron chi connectivity index (χ2n) is 3.39. The minimum absolute atomic E-state index is 0.131. The molecule has 1 heterocycles. The summed E-state index contributed by atoms with van der Waals surface area (Å²) >= 11 is 0. The van der Waals surface area contributed by atoms with E-state index in [1.807, 2.05) is 43.3 Å². The molecule has 0 aliphatic carbocycles. The number of rotatable bonds is 2. The summed E-state index contributed by atoms with van der Waals surface area (Å²) in [6, 6.07) is 9.98. The van der Waals surface area contributed by atoms with E-state index >= 15 is 0 Å². The number of cyclic esters (lactones) is 1. The molecule has 0 aromatic heterocycles. The number of ether oxygens (including phenoxy) is 1. The standard InChI is InChI=1S/C12H12O2/c1-9(10-5-3-2-4-6-10)11-7-8-14-12(11)13/h2-7,9H,8H2,1H3. The Balaban J connectivity index is 2.24. The maximum Gasteiger partial charge on any atom is 0.334 e. The molecule has 0 amide bonds. The van der Waals surface area contributed by atoms with Crippen LogP contribution in [0.1, 0.15) is 18.4 Å². The lowest BCUT2D eigenvalue weighted by molar-refractivity contribution is -0.136. The zero-order valence-corrected chi connectivity index (χ0v) is 8.07. The van der Waals surface area contributed by atoms with E-state index in [1.54, 1.807) is 0 Å². The van der Waals surface area contributed by atoms with E-state index < -0.39 is 0 Å². The van der Waals surface area contributed by atoms with Gasteiger partial charge in [0.1, 0.15) is 6.61 Å². The molecular weight excluding hydrogens is 176 g/mol. The van der Waals surface area contributed by atoms with E-state index in [0.29, 0.717) is 6.61 Å². The number of carbonyl (C=O) groups is 1. The molecule has 1 aliphatic rings. The summed E-state index contributed by atoms with van der Waals surface area (Å²) in [4.78, 5) is 11.3. The van der Waals surface area contributed by atoms with Gasteiger partial charge in [0.2, 0.25) is 0 Å². The molecule has 0 saturated heterocycles. The third-order valence-corrected chi connectivity index (χ3v) is 2.52. The fraction of sp³-hybridized carbons (Fsp3) is 0.250. The minimum Gasteiger partial charge on any atom is -0.458 e. The number of esters is 1. The van der Waals surface area contributed by atoms with Gasteiger partial charge in [0, 0.05) is 11.5 Å². The van der Waals surface area contributed by atoms with Crippen LogP contribution in [0, 0.1) is 0 Å². The lowest BCUT2D eigenvalue weighted by Crippen LogP contribution is -2.06. The van der Waals surface area contributed by atoms with Crippen LogP contribution >= 0.6 is 0 Å². The Morgan fingerprint density at radius 1 is 1.29 bits per heavy atom. The molecule has 0 bridgehead atoms. The van der Waals surface area contributed by atoms with Crippen LogP contribution in [0.2, 0.25) is 0 Å². The summed E-state index contributed by atoms with van der Waals surface area (Å²) in [6.45, 7) is 2.44. The van der Waals surface area contributed by atoms with Gasteiger partial charge in [-0.3, -0.25) is 0 Å². The second kappa shape index (κ2) is 3.66. The first-order chi connectivity index (χ1) is 6.79. The van der Waals surface area contributed by atoms with Crippen LogP contribution in [-0.4, -0.2) is 12.6 Å². The van der Waals surface area contributed by atoms with Gasteiger partial charge in [-0.2, -0.15) is 0 Å².